The smallest absolute Gasteiger partial charge is 0.229 e. The first-order valence-corrected chi connectivity index (χ1v) is 14.3. The molecule has 2 atom stereocenters. The van der Waals surface area contributed by atoms with Crippen molar-refractivity contribution in [2.24, 2.45) is 0 Å². The molecule has 2 N–H and O–H groups in total. The quantitative estimate of drug-likeness (QED) is 0.258. The number of sulfonamides is 1. The molecule has 2 aromatic carbocycles. The fourth-order valence-corrected chi connectivity index (χ4v) is 5.69. The summed E-state index contributed by atoms with van der Waals surface area (Å²) in [5.74, 6) is 0.552. The summed E-state index contributed by atoms with van der Waals surface area (Å²) in [7, 11) is -3.43. The maximum atomic E-state index is 14.7. The van der Waals surface area contributed by atoms with Crippen molar-refractivity contribution in [3.63, 3.8) is 0 Å². The third-order valence-corrected chi connectivity index (χ3v) is 7.39. The summed E-state index contributed by atoms with van der Waals surface area (Å²) in [5.41, 5.74) is 3.05. The molecule has 190 valence electrons. The predicted molar refractivity (Wildman–Crippen MR) is 149 cm³/mol. The monoisotopic (exact) mass is 600 g/mol. The van der Waals surface area contributed by atoms with E-state index in [4.69, 9.17) is 16.6 Å². The summed E-state index contributed by atoms with van der Waals surface area (Å²) in [6.45, 7) is 1.82. The number of nitrogens with one attached hydrogen (secondary N) is 2. The van der Waals surface area contributed by atoms with Crippen molar-refractivity contribution in [2.45, 2.75) is 19.0 Å². The van der Waals surface area contributed by atoms with Crippen molar-refractivity contribution in [1.29, 1.82) is 0 Å². The van der Waals surface area contributed by atoms with Gasteiger partial charge in [0, 0.05) is 16.4 Å². The van der Waals surface area contributed by atoms with Gasteiger partial charge in [0.1, 0.15) is 23.4 Å². The van der Waals surface area contributed by atoms with Crippen LogP contribution in [0.1, 0.15) is 29.1 Å². The lowest BCUT2D eigenvalue weighted by atomic mass is 10.0. The SMILES string of the molecule is Cc1cc(N2C(=S)N[C@H](c3ccccn3)[C@@H]2c2ccc(-c3ccc(Br)cc3F)o2)ccc1NS(C)(=O)=O. The topological polar surface area (TPSA) is 87.5 Å². The van der Waals surface area contributed by atoms with Gasteiger partial charge in [0.05, 0.1) is 29.2 Å². The maximum Gasteiger partial charge on any atom is 0.229 e. The van der Waals surface area contributed by atoms with Gasteiger partial charge in [-0.3, -0.25) is 9.71 Å². The molecule has 37 heavy (non-hydrogen) atoms. The number of hydrogen-bond donors (Lipinski definition) is 2. The molecule has 0 aliphatic carbocycles. The predicted octanol–water partition coefficient (Wildman–Crippen LogP) is 6.10. The number of pyridine rings is 1. The van der Waals surface area contributed by atoms with Gasteiger partial charge in [-0.05, 0) is 85.4 Å². The summed E-state index contributed by atoms with van der Waals surface area (Å²) in [6, 6.07) is 18.5. The summed E-state index contributed by atoms with van der Waals surface area (Å²) < 4.78 is 47.6. The standard InChI is InChI=1S/C26H22BrFN4O3S2/c1-15-13-17(7-9-20(15)31-37(2,33)34)32-25(24(30-26(32)36)21-5-3-4-12-29-21)23-11-10-22(35-23)18-8-6-16(27)14-19(18)28/h3-14,24-25,31H,1-2H3,(H,30,36)/t24-,25+/m1/s1. The van der Waals surface area contributed by atoms with Gasteiger partial charge in [-0.2, -0.15) is 0 Å². The lowest BCUT2D eigenvalue weighted by molar-refractivity contribution is 0.438. The van der Waals surface area contributed by atoms with E-state index in [0.717, 1.165) is 23.2 Å². The molecule has 0 radical (unpaired) electrons. The minimum Gasteiger partial charge on any atom is -0.459 e. The summed E-state index contributed by atoms with van der Waals surface area (Å²) >= 11 is 9.03. The van der Waals surface area contributed by atoms with Crippen molar-refractivity contribution in [1.82, 2.24) is 10.3 Å². The number of halogens is 2. The van der Waals surface area contributed by atoms with Crippen LogP contribution in [0.4, 0.5) is 15.8 Å². The number of thiocarbonyl (C=S) groups is 1. The molecule has 3 heterocycles. The third kappa shape index (κ3) is 5.25. The van der Waals surface area contributed by atoms with E-state index < -0.39 is 21.9 Å². The molecule has 0 bridgehead atoms. The van der Waals surface area contributed by atoms with Crippen LogP contribution >= 0.6 is 28.1 Å². The Morgan fingerprint density at radius 1 is 1.14 bits per heavy atom. The van der Waals surface area contributed by atoms with Gasteiger partial charge in [-0.1, -0.05) is 22.0 Å². The number of aryl methyl sites for hydroxylation is 1. The van der Waals surface area contributed by atoms with Crippen molar-refractivity contribution < 1.29 is 17.2 Å². The molecule has 0 saturated carbocycles. The second-order valence-electron chi connectivity index (χ2n) is 8.70. The van der Waals surface area contributed by atoms with Gasteiger partial charge in [-0.25, -0.2) is 12.8 Å². The number of hydrogen-bond acceptors (Lipinski definition) is 5. The van der Waals surface area contributed by atoms with Crippen LogP contribution in [0.3, 0.4) is 0 Å². The lowest BCUT2D eigenvalue weighted by Crippen LogP contribution is -2.29. The molecular formula is C26H22BrFN4O3S2. The zero-order valence-corrected chi connectivity index (χ0v) is 23.0. The van der Waals surface area contributed by atoms with E-state index in [1.807, 2.05) is 42.2 Å². The molecule has 11 heteroatoms. The first-order chi connectivity index (χ1) is 17.6. The fourth-order valence-electron chi connectivity index (χ4n) is 4.38. The Kier molecular flexibility index (Phi) is 6.78. The second-order valence-corrected chi connectivity index (χ2v) is 11.7. The minimum atomic E-state index is -3.43. The van der Waals surface area contributed by atoms with E-state index in [1.54, 1.807) is 36.5 Å². The van der Waals surface area contributed by atoms with Crippen LogP contribution < -0.4 is 14.9 Å². The van der Waals surface area contributed by atoms with Crippen LogP contribution in [0, 0.1) is 12.7 Å². The number of rotatable bonds is 6. The Bertz CT molecular complexity index is 1590. The van der Waals surface area contributed by atoms with E-state index >= 15 is 0 Å². The van der Waals surface area contributed by atoms with Crippen molar-refractivity contribution in [3.8, 4) is 11.3 Å². The summed E-state index contributed by atoms with van der Waals surface area (Å²) in [6.07, 6.45) is 2.82. The lowest BCUT2D eigenvalue weighted by Gasteiger charge is -2.26. The number of benzene rings is 2. The van der Waals surface area contributed by atoms with E-state index in [1.165, 1.54) is 6.07 Å². The highest BCUT2D eigenvalue weighted by Gasteiger charge is 2.42. The molecule has 7 nitrogen and oxygen atoms in total. The van der Waals surface area contributed by atoms with Crippen LogP contribution in [0.5, 0.6) is 0 Å². The molecule has 2 aromatic heterocycles. The van der Waals surface area contributed by atoms with E-state index in [0.29, 0.717) is 32.4 Å². The Labute approximate surface area is 227 Å². The van der Waals surface area contributed by atoms with Gasteiger partial charge < -0.3 is 14.6 Å². The maximum absolute atomic E-state index is 14.7. The summed E-state index contributed by atoms with van der Waals surface area (Å²) in [4.78, 5) is 6.44. The average molecular weight is 602 g/mol. The van der Waals surface area contributed by atoms with Gasteiger partial charge in [0.2, 0.25) is 10.0 Å². The van der Waals surface area contributed by atoms with Crippen molar-refractivity contribution >= 4 is 54.7 Å². The Balaban J connectivity index is 1.59. The van der Waals surface area contributed by atoms with E-state index in [2.05, 4.69) is 31.0 Å². The zero-order valence-electron chi connectivity index (χ0n) is 19.8. The zero-order chi connectivity index (χ0) is 26.3. The summed E-state index contributed by atoms with van der Waals surface area (Å²) in [5, 5.41) is 3.81. The van der Waals surface area contributed by atoms with Crippen LogP contribution in [-0.2, 0) is 10.0 Å². The molecule has 1 aliphatic heterocycles. The third-order valence-electron chi connectivity index (χ3n) is 6.00. The Morgan fingerprint density at radius 2 is 1.95 bits per heavy atom. The number of furan rings is 1. The largest absolute Gasteiger partial charge is 0.459 e. The molecule has 0 spiro atoms. The number of nitrogens with zero attached hydrogens (tertiary/aromatic N) is 2. The van der Waals surface area contributed by atoms with Crippen molar-refractivity contribution in [3.05, 3.63) is 100 Å². The van der Waals surface area contributed by atoms with Crippen LogP contribution in [0.25, 0.3) is 11.3 Å². The van der Waals surface area contributed by atoms with Gasteiger partial charge >= 0.3 is 0 Å². The highest BCUT2D eigenvalue weighted by Crippen LogP contribution is 2.43. The normalized spacial score (nSPS) is 17.6. The molecule has 4 aromatic rings. The number of aromatic nitrogens is 1. The first-order valence-electron chi connectivity index (χ1n) is 11.2. The average Bonchev–Trinajstić information content (AvgIpc) is 3.45. The van der Waals surface area contributed by atoms with Crippen LogP contribution in [0.15, 0.2) is 81.8 Å². The van der Waals surface area contributed by atoms with Crippen molar-refractivity contribution in [2.75, 3.05) is 15.9 Å². The van der Waals surface area contributed by atoms with E-state index in [9.17, 15) is 12.8 Å². The first kappa shape index (κ1) is 25.4. The molecule has 5 rings (SSSR count). The second kappa shape index (κ2) is 9.88. The Morgan fingerprint density at radius 3 is 2.62 bits per heavy atom. The van der Waals surface area contributed by atoms with Gasteiger partial charge in [-0.15, -0.1) is 0 Å². The minimum absolute atomic E-state index is 0.343. The molecule has 1 fully saturated rings. The molecule has 1 aliphatic rings. The molecular weight excluding hydrogens is 579 g/mol. The number of anilines is 2. The molecule has 1 saturated heterocycles. The highest BCUT2D eigenvalue weighted by molar-refractivity contribution is 9.10. The highest BCUT2D eigenvalue weighted by atomic mass is 79.9. The van der Waals surface area contributed by atoms with E-state index in [-0.39, 0.29) is 6.04 Å². The Hall–Kier alpha value is -3.28. The van der Waals surface area contributed by atoms with Crippen LogP contribution in [0.2, 0.25) is 0 Å². The van der Waals surface area contributed by atoms with Crippen LogP contribution in [-0.4, -0.2) is 24.8 Å². The molecule has 0 amide bonds. The van der Waals surface area contributed by atoms with Gasteiger partial charge in [0.25, 0.3) is 0 Å². The fraction of sp³-hybridized carbons (Fsp3) is 0.154. The van der Waals surface area contributed by atoms with Gasteiger partial charge in [0.15, 0.2) is 5.11 Å². The molecule has 0 unspecified atom stereocenters.